The Morgan fingerprint density at radius 2 is 1.01 bits per heavy atom. The Kier molecular flexibility index (Phi) is 59.9. The van der Waals surface area contributed by atoms with Gasteiger partial charge < -0.3 is 90.3 Å². The number of rotatable bonds is 9. The van der Waals surface area contributed by atoms with Gasteiger partial charge in [-0.3, -0.25) is 68.2 Å². The number of fused-ring (bicyclic) bond motifs is 3. The molecule has 9 aliphatic heterocycles. The number of piperidine rings is 6. The van der Waals surface area contributed by atoms with Gasteiger partial charge in [-0.1, -0.05) is 168 Å². The third kappa shape index (κ3) is 44.6. The Hall–Kier alpha value is -4.54. The van der Waals surface area contributed by atoms with Gasteiger partial charge in [0.2, 0.25) is 41.7 Å². The molecule has 814 valence electrons. The molecule has 9 fully saturated rings. The Labute approximate surface area is 968 Å². The Morgan fingerprint density at radius 1 is 0.571 bits per heavy atom. The number of nitrogens with two attached hydrogens (primary N) is 1. The predicted octanol–water partition coefficient (Wildman–Crippen LogP) is 10.9. The number of ether oxygens (including phenoxy) is 3. The molecule has 9 heterocycles. The van der Waals surface area contributed by atoms with Crippen LogP contribution in [0, 0.1) is 35.5 Å². The molecule has 4 aromatic rings. The zero-order valence-corrected chi connectivity index (χ0v) is 100. The summed E-state index contributed by atoms with van der Waals surface area (Å²) in [6.45, 7) is 30.6. The standard InChI is InChI=1S/C23H28ClN3O6.C13H10BrClN2O3.C10H18INO2.C9H18N.C9H18O3S.C8H4BrClO3.C8H14O2.C8H16O.C7H4BrClO2.C5H8N2O2.3ClH.Li.Mg/c1-23(2,3)33-22(32)26-10-8-12(9-11-26)13-4-5-14-17(18(13)24)21(31)27(20(14)30)15-6-7-16(28)25-19(15)29;14-8-2-1-6-7(11(8)15)5-17(13(6)20)9-3-4-10(18)16-12(9)19;1-10(2,3)14-9(13)12-6-4-8(11)5-7-12;1-8(2)6-5-7-9(3,4)10-8;1-8-3-5-9(6-4-8)7-12-13(2,10)11;9-4-2-1-3-5(6(4)10)8(12)13-7(3)11;1-6-2-4-7(5-3-6)8(9)10;1-7-2-4-8(6-9)5-3-7;8-5-2-1-4(7(10)11)3-6(5)9;6-3-1-2-4(8)7-5(3)9;;;;;/h4-5,12,15,21,31H,6-11H2,1-3H3,(H,25,28,29);1-2,9H,3-5H2,(H,16,18,19);8H,4-7H2,1-3H3;5-7H2,1-4H3;8-9H,3-7H2,1-2H3;1-2,8,12H;6-7H,2-5H2,1H3,(H,9,10);7-9H,2-6H2,1H3;1-3H,(H,10,11);3H,1-2,6H2,(H,7,8,9);3*1H;;/q;;;-1;;;;;;;;;;+1;+2/p-2. The summed E-state index contributed by atoms with van der Waals surface area (Å²) in [5, 5.41) is 59.1. The normalized spacial score (nSPS) is 23.7. The first-order chi connectivity index (χ1) is 66.2. The summed E-state index contributed by atoms with van der Waals surface area (Å²) in [5.41, 5.74) is 8.24. The number of esters is 1. The molecule has 4 aromatic carbocycles. The van der Waals surface area contributed by atoms with Crippen LogP contribution in [0.2, 0.25) is 20.1 Å². The minimum absolute atomic E-state index is 0. The number of alkyl halides is 1. The van der Waals surface area contributed by atoms with Gasteiger partial charge in [0, 0.05) is 98.2 Å². The zero-order chi connectivity index (χ0) is 106. The number of carboxylic acids is 2. The number of nitrogens with one attached hydrogen (secondary N) is 3. The first kappa shape index (κ1) is 139. The van der Waals surface area contributed by atoms with Crippen molar-refractivity contribution in [3.63, 3.8) is 0 Å². The summed E-state index contributed by atoms with van der Waals surface area (Å²) in [5.74, 6) is -1.58. The summed E-state index contributed by atoms with van der Waals surface area (Å²) in [6.07, 6.45) is 20.8. The smallest absolute Gasteiger partial charge is 1.00 e. The third-order valence-corrected chi connectivity index (χ3v) is 31.9. The van der Waals surface area contributed by atoms with E-state index in [4.69, 9.17) is 86.4 Å². The topological polar surface area (TPSA) is 483 Å². The second-order valence-corrected chi connectivity index (χ2v) is 48.5. The predicted molar refractivity (Wildman–Crippen MR) is 572 cm³/mol. The number of aliphatic hydroxyl groups excluding tert-OH is 3. The van der Waals surface area contributed by atoms with Crippen LogP contribution in [0.3, 0.4) is 0 Å². The molecule has 47 heteroatoms. The number of carboxylic acid groups (broad SMARTS) is 2. The van der Waals surface area contributed by atoms with E-state index < -0.39 is 87.9 Å². The number of aromatic carboxylic acids is 1. The van der Waals surface area contributed by atoms with Crippen LogP contribution in [-0.4, -0.2) is 244 Å². The largest absolute Gasteiger partial charge is 2.00 e. The molecule has 6 saturated heterocycles. The molecule has 0 radical (unpaired) electrons. The molecular weight excluding hydrogens is 2390 g/mol. The summed E-state index contributed by atoms with van der Waals surface area (Å²) in [6, 6.07) is 12.5. The average molecular weight is 2530 g/mol. The summed E-state index contributed by atoms with van der Waals surface area (Å²) >= 11 is 36.5. The molecule has 16 rings (SSSR count). The fraction of sp³-hybridized carbons (Fsp3) is 0.630. The van der Waals surface area contributed by atoms with Crippen LogP contribution in [0.5, 0.6) is 0 Å². The summed E-state index contributed by atoms with van der Waals surface area (Å²) in [4.78, 5) is 155. The fourth-order valence-corrected chi connectivity index (χ4v) is 20.9. The van der Waals surface area contributed by atoms with E-state index in [1.54, 1.807) is 52.3 Å². The zero-order valence-electron chi connectivity index (χ0n) is 85.9. The van der Waals surface area contributed by atoms with Crippen molar-refractivity contribution < 1.29 is 158 Å². The van der Waals surface area contributed by atoms with Crippen molar-refractivity contribution in [2.45, 2.75) is 320 Å². The number of likely N-dealkylation sites (tertiary alicyclic amines) is 2. The number of aliphatic hydroxyl groups is 3. The Bertz CT molecular complexity index is 5240. The summed E-state index contributed by atoms with van der Waals surface area (Å²) < 4.78 is 44.3. The molecule has 12 aliphatic rings. The van der Waals surface area contributed by atoms with Crippen LogP contribution in [0.1, 0.15) is 333 Å². The fourth-order valence-electron chi connectivity index (χ4n) is 17.8. The molecule has 3 saturated carbocycles. The first-order valence-corrected chi connectivity index (χ1v) is 55.1. The molecule has 0 bridgehead atoms. The van der Waals surface area contributed by atoms with Gasteiger partial charge in [-0.05, 0) is 275 Å². The number of amides is 10. The number of cyclic esters (lactones) is 1. The van der Waals surface area contributed by atoms with Crippen LogP contribution in [0.25, 0.3) is 5.32 Å². The SMILES string of the molecule is CC(C)(C)OC(=O)N1CCC(I)CC1.CC(C)(C)OC(=O)N1CCC(c2ccc3c(c2Cl)C(O)N(C2CCC(=O)NC2=O)C3=O)CC1.CC1(C)CCCC(C)(C)[N-]1.CC1CCC(C(=O)O)CC1.CC1CCC(CO)CC1.CC1CCC(COS(C)(=O)=O)CC1.Cl.NC1CCC(=O)NC1=O.O=C(O)c1ccc(Br)c(Cl)c1.O=C1CCC(N2Cc3c(ccc(Br)c3Cl)C2=O)C(=O)N1.O=C1OC(O)c2c1ccc(Br)c2Cl.[Cl-].[Cl-].[Li+].[Mg+2]. The van der Waals surface area contributed by atoms with Crippen LogP contribution in [-0.2, 0) is 68.6 Å². The average Bonchev–Trinajstić information content (AvgIpc) is 1.59. The maximum absolute atomic E-state index is 13.0. The van der Waals surface area contributed by atoms with E-state index in [2.05, 4.69) is 140 Å². The van der Waals surface area contributed by atoms with Crippen molar-refractivity contribution in [2.24, 2.45) is 41.2 Å². The molecule has 0 spiro atoms. The van der Waals surface area contributed by atoms with Crippen molar-refractivity contribution in [3.8, 4) is 0 Å². The molecular formula is C100H139Br3Cl7ILiMgN9O24S. The van der Waals surface area contributed by atoms with Crippen molar-refractivity contribution >= 4 is 240 Å². The van der Waals surface area contributed by atoms with Crippen molar-refractivity contribution in [2.75, 3.05) is 45.6 Å². The van der Waals surface area contributed by atoms with E-state index >= 15 is 0 Å². The molecule has 5 unspecified atom stereocenters. The van der Waals surface area contributed by atoms with Crippen molar-refractivity contribution in [3.05, 3.63) is 138 Å². The number of hydrogen-bond donors (Lipinski definition) is 9. The van der Waals surface area contributed by atoms with E-state index in [1.165, 1.54) is 74.8 Å². The van der Waals surface area contributed by atoms with E-state index in [-0.39, 0.29) is 174 Å². The van der Waals surface area contributed by atoms with Gasteiger partial charge in [0.05, 0.1) is 61.6 Å². The van der Waals surface area contributed by atoms with E-state index in [1.807, 2.05) is 41.5 Å². The van der Waals surface area contributed by atoms with Crippen LogP contribution < -0.4 is 65.4 Å². The molecule has 10 amide bonds. The maximum Gasteiger partial charge on any atom is 2.00 e. The van der Waals surface area contributed by atoms with Crippen molar-refractivity contribution in [1.82, 2.24) is 35.6 Å². The second kappa shape index (κ2) is 63.6. The van der Waals surface area contributed by atoms with Gasteiger partial charge in [0.25, 0.3) is 21.9 Å². The van der Waals surface area contributed by atoms with Crippen LogP contribution >= 0.6 is 129 Å². The van der Waals surface area contributed by atoms with E-state index in [9.17, 15) is 81.0 Å². The first-order valence-electron chi connectivity index (χ1n) is 48.1. The quantitative estimate of drug-likeness (QED) is 0.0143. The van der Waals surface area contributed by atoms with Crippen molar-refractivity contribution in [1.29, 1.82) is 0 Å². The van der Waals surface area contributed by atoms with E-state index in [0.29, 0.717) is 132 Å². The number of aliphatic carboxylic acids is 1. The number of hydrogen-bond acceptors (Lipinski definition) is 23. The van der Waals surface area contributed by atoms with Crippen LogP contribution in [0.4, 0.5) is 9.59 Å². The number of imide groups is 3. The van der Waals surface area contributed by atoms with Gasteiger partial charge in [0.1, 0.15) is 23.3 Å². The number of halogens is 11. The molecule has 3 aliphatic carbocycles. The second-order valence-electron chi connectivity index (χ2n) is 41.0. The molecule has 0 aromatic heterocycles. The minimum atomic E-state index is -3.24. The van der Waals surface area contributed by atoms with Gasteiger partial charge in [-0.15, -0.1) is 23.5 Å². The molecule has 147 heavy (non-hydrogen) atoms. The Balaban J connectivity index is 0.000000569. The van der Waals surface area contributed by atoms with Gasteiger partial charge in [-0.25, -0.2) is 19.2 Å². The maximum atomic E-state index is 13.0. The van der Waals surface area contributed by atoms with Gasteiger partial charge >= 0.3 is 72.0 Å². The number of carbonyl (C=O) groups excluding carboxylic acids is 11. The number of carbonyl (C=O) groups is 13. The number of nitrogens with zero attached hydrogens (tertiary/aromatic N) is 5. The van der Waals surface area contributed by atoms with Crippen LogP contribution in [0.15, 0.2) is 68.0 Å². The van der Waals surface area contributed by atoms with E-state index in [0.717, 1.165) is 109 Å². The molecule has 10 N–H and O–H groups in total. The Morgan fingerprint density at radius 3 is 1.44 bits per heavy atom. The number of benzene rings is 4. The monoisotopic (exact) mass is 2520 g/mol. The third-order valence-electron chi connectivity index (χ3n) is 25.9. The minimum Gasteiger partial charge on any atom is -1.00 e. The molecule has 5 atom stereocenters. The van der Waals surface area contributed by atoms with Gasteiger partial charge in [0.15, 0.2) is 6.23 Å². The summed E-state index contributed by atoms with van der Waals surface area (Å²) in [7, 11) is -3.24. The van der Waals surface area contributed by atoms with Gasteiger partial charge in [-0.2, -0.15) is 8.42 Å². The molecule has 33 nitrogen and oxygen atoms in total.